The van der Waals surface area contributed by atoms with E-state index in [2.05, 4.69) is 10.1 Å². The zero-order valence-electron chi connectivity index (χ0n) is 14.3. The fourth-order valence-electron chi connectivity index (χ4n) is 2.85. The summed E-state index contributed by atoms with van der Waals surface area (Å²) in [5, 5.41) is 4.10. The summed E-state index contributed by atoms with van der Waals surface area (Å²) in [7, 11) is 1.63. The van der Waals surface area contributed by atoms with Crippen LogP contribution < -0.4 is 4.74 Å². The fraction of sp³-hybridized carbons (Fsp3) is 0.100. The Morgan fingerprint density at radius 1 is 1.12 bits per heavy atom. The smallest absolute Gasteiger partial charge is 0.143 e. The molecule has 0 spiro atoms. The lowest BCUT2D eigenvalue weighted by molar-refractivity contribution is 0.400. The highest BCUT2D eigenvalue weighted by Crippen LogP contribution is 2.33. The number of benzene rings is 2. The number of aromatic nitrogens is 3. The average molecular weight is 349 g/mol. The van der Waals surface area contributed by atoms with Gasteiger partial charge in [0.1, 0.15) is 23.0 Å². The first-order valence-electron chi connectivity index (χ1n) is 8.06. The minimum absolute atomic E-state index is 0.321. The molecule has 6 heteroatoms. The summed E-state index contributed by atoms with van der Waals surface area (Å²) < 4.78 is 26.0. The van der Waals surface area contributed by atoms with Crippen molar-refractivity contribution in [2.45, 2.75) is 6.92 Å². The van der Waals surface area contributed by atoms with Gasteiger partial charge in [-0.15, -0.1) is 0 Å². The zero-order valence-corrected chi connectivity index (χ0v) is 14.3. The van der Waals surface area contributed by atoms with Gasteiger partial charge in [-0.3, -0.25) is 0 Å². The van der Waals surface area contributed by atoms with Gasteiger partial charge in [0, 0.05) is 17.4 Å². The van der Waals surface area contributed by atoms with Crippen LogP contribution in [-0.4, -0.2) is 21.8 Å². The highest BCUT2D eigenvalue weighted by Gasteiger charge is 2.19. The van der Waals surface area contributed by atoms with Crippen molar-refractivity contribution in [3.05, 3.63) is 72.6 Å². The zero-order chi connectivity index (χ0) is 18.1. The molecule has 2 aromatic heterocycles. The molecule has 0 unspecified atom stereocenters. The van der Waals surface area contributed by atoms with Gasteiger partial charge in [-0.2, -0.15) is 0 Å². The molecular formula is C20H16FN3O2. The normalized spacial score (nSPS) is 10.9. The van der Waals surface area contributed by atoms with Crippen LogP contribution in [0.5, 0.6) is 5.75 Å². The minimum atomic E-state index is -0.321. The summed E-state index contributed by atoms with van der Waals surface area (Å²) >= 11 is 0. The van der Waals surface area contributed by atoms with Gasteiger partial charge in [-0.25, -0.2) is 9.37 Å². The number of aryl methyl sites for hydroxylation is 1. The topological polar surface area (TPSA) is 53.1 Å². The number of methoxy groups -OCH3 is 1. The van der Waals surface area contributed by atoms with E-state index in [9.17, 15) is 4.39 Å². The standard InChI is InChI=1S/C20H16FN3O2/c1-13-19(20(23-26-13)14-4-3-5-15(21)10-14)18-11-24(12-22-18)16-6-8-17(25-2)9-7-16/h3-12H,1-2H3. The van der Waals surface area contributed by atoms with Crippen LogP contribution >= 0.6 is 0 Å². The van der Waals surface area contributed by atoms with E-state index >= 15 is 0 Å². The molecule has 5 nitrogen and oxygen atoms in total. The maximum absolute atomic E-state index is 13.6. The largest absolute Gasteiger partial charge is 0.497 e. The first kappa shape index (κ1) is 16.1. The van der Waals surface area contributed by atoms with E-state index in [4.69, 9.17) is 9.26 Å². The minimum Gasteiger partial charge on any atom is -0.497 e. The van der Waals surface area contributed by atoms with E-state index in [1.54, 1.807) is 25.6 Å². The van der Waals surface area contributed by atoms with Crippen LogP contribution in [0.25, 0.3) is 28.2 Å². The van der Waals surface area contributed by atoms with Gasteiger partial charge >= 0.3 is 0 Å². The molecule has 0 saturated carbocycles. The Hall–Kier alpha value is -3.41. The van der Waals surface area contributed by atoms with Gasteiger partial charge in [0.05, 0.1) is 24.7 Å². The second-order valence-electron chi connectivity index (χ2n) is 5.84. The number of rotatable bonds is 4. The van der Waals surface area contributed by atoms with Crippen LogP contribution in [0.15, 0.2) is 65.6 Å². The lowest BCUT2D eigenvalue weighted by atomic mass is 10.0. The third-order valence-corrected chi connectivity index (χ3v) is 4.17. The van der Waals surface area contributed by atoms with Crippen molar-refractivity contribution in [1.29, 1.82) is 0 Å². The van der Waals surface area contributed by atoms with Gasteiger partial charge in [-0.1, -0.05) is 17.3 Å². The van der Waals surface area contributed by atoms with Crippen molar-refractivity contribution >= 4 is 0 Å². The maximum atomic E-state index is 13.6. The highest BCUT2D eigenvalue weighted by molar-refractivity contribution is 5.80. The van der Waals surface area contributed by atoms with E-state index < -0.39 is 0 Å². The Kier molecular flexibility index (Phi) is 4.01. The number of hydrogen-bond donors (Lipinski definition) is 0. The van der Waals surface area contributed by atoms with Crippen LogP contribution in [0.2, 0.25) is 0 Å². The summed E-state index contributed by atoms with van der Waals surface area (Å²) in [5.74, 6) is 1.10. The third-order valence-electron chi connectivity index (χ3n) is 4.17. The lowest BCUT2D eigenvalue weighted by Gasteiger charge is -2.03. The molecule has 130 valence electrons. The fourth-order valence-corrected chi connectivity index (χ4v) is 2.85. The molecule has 26 heavy (non-hydrogen) atoms. The van der Waals surface area contributed by atoms with Gasteiger partial charge in [0.2, 0.25) is 0 Å². The van der Waals surface area contributed by atoms with Crippen molar-refractivity contribution in [2.24, 2.45) is 0 Å². The summed E-state index contributed by atoms with van der Waals surface area (Å²) in [6.45, 7) is 1.82. The Bertz CT molecular complexity index is 1050. The van der Waals surface area contributed by atoms with E-state index in [0.29, 0.717) is 22.7 Å². The van der Waals surface area contributed by atoms with Crippen LogP contribution in [0, 0.1) is 12.7 Å². The molecule has 0 aliphatic carbocycles. The quantitative estimate of drug-likeness (QED) is 0.538. The number of nitrogens with zero attached hydrogens (tertiary/aromatic N) is 3. The van der Waals surface area contributed by atoms with Crippen LogP contribution in [0.1, 0.15) is 5.76 Å². The highest BCUT2D eigenvalue weighted by atomic mass is 19.1. The molecule has 2 heterocycles. The van der Waals surface area contributed by atoms with Gasteiger partial charge in [0.25, 0.3) is 0 Å². The molecule has 0 aliphatic heterocycles. The average Bonchev–Trinajstić information content (AvgIpc) is 3.28. The molecule has 0 atom stereocenters. The molecule has 4 aromatic rings. The first-order valence-corrected chi connectivity index (χ1v) is 8.06. The van der Waals surface area contributed by atoms with Crippen molar-refractivity contribution in [1.82, 2.24) is 14.7 Å². The predicted molar refractivity (Wildman–Crippen MR) is 95.7 cm³/mol. The van der Waals surface area contributed by atoms with Crippen LogP contribution in [0.3, 0.4) is 0 Å². The summed E-state index contributed by atoms with van der Waals surface area (Å²) in [6.07, 6.45) is 3.61. The second-order valence-corrected chi connectivity index (χ2v) is 5.84. The molecule has 0 amide bonds. The van der Waals surface area contributed by atoms with Crippen molar-refractivity contribution in [2.75, 3.05) is 7.11 Å². The number of imidazole rings is 1. The molecule has 0 bridgehead atoms. The van der Waals surface area contributed by atoms with Crippen LogP contribution in [-0.2, 0) is 0 Å². The van der Waals surface area contributed by atoms with E-state index in [0.717, 1.165) is 17.0 Å². The second kappa shape index (κ2) is 6.48. The summed E-state index contributed by atoms with van der Waals surface area (Å²) in [4.78, 5) is 4.49. The van der Waals surface area contributed by atoms with E-state index in [1.807, 2.05) is 42.0 Å². The molecule has 4 rings (SSSR count). The molecule has 0 radical (unpaired) electrons. The molecule has 0 saturated heterocycles. The van der Waals surface area contributed by atoms with Gasteiger partial charge in [-0.05, 0) is 43.3 Å². The Morgan fingerprint density at radius 3 is 2.65 bits per heavy atom. The van der Waals surface area contributed by atoms with Crippen molar-refractivity contribution < 1.29 is 13.7 Å². The monoisotopic (exact) mass is 349 g/mol. The third kappa shape index (κ3) is 2.86. The van der Waals surface area contributed by atoms with Crippen molar-refractivity contribution in [3.63, 3.8) is 0 Å². The number of hydrogen-bond acceptors (Lipinski definition) is 4. The summed E-state index contributed by atoms with van der Waals surface area (Å²) in [6, 6.07) is 13.9. The summed E-state index contributed by atoms with van der Waals surface area (Å²) in [5.41, 5.74) is 3.63. The van der Waals surface area contributed by atoms with Gasteiger partial charge in [0.15, 0.2) is 0 Å². The van der Waals surface area contributed by atoms with Crippen LogP contribution in [0.4, 0.5) is 4.39 Å². The molecule has 0 N–H and O–H groups in total. The Labute approximate surface area is 149 Å². The SMILES string of the molecule is COc1ccc(-n2cnc(-c3c(-c4cccc(F)c4)noc3C)c2)cc1. The van der Waals surface area contributed by atoms with E-state index in [-0.39, 0.29) is 5.82 Å². The van der Waals surface area contributed by atoms with E-state index in [1.165, 1.54) is 12.1 Å². The first-order chi connectivity index (χ1) is 12.7. The Morgan fingerprint density at radius 2 is 1.92 bits per heavy atom. The predicted octanol–water partition coefficient (Wildman–Crippen LogP) is 4.65. The van der Waals surface area contributed by atoms with Gasteiger partial charge < -0.3 is 13.8 Å². The molecule has 0 fully saturated rings. The molecule has 2 aromatic carbocycles. The maximum Gasteiger partial charge on any atom is 0.143 e. The number of ether oxygens (including phenoxy) is 1. The van der Waals surface area contributed by atoms with Crippen molar-refractivity contribution in [3.8, 4) is 34.0 Å². The number of halogens is 1. The molecular weight excluding hydrogens is 333 g/mol. The Balaban J connectivity index is 1.75. The molecule has 0 aliphatic rings. The lowest BCUT2D eigenvalue weighted by Crippen LogP contribution is -1.90.